The molecule has 1 aliphatic heterocycles. The normalized spacial score (nSPS) is 13.0. The Kier molecular flexibility index (Phi) is 1.88. The molecule has 0 atom stereocenters. The largest absolute Gasteiger partial charge is 0.504 e. The van der Waals surface area contributed by atoms with Crippen molar-refractivity contribution in [1.29, 1.82) is 0 Å². The standard InChI is InChI=1S/C10H7FN2O4/c11-7-8(14)4(5-2-13-17-10(5)12)1-6-9(7)16-3-15-6/h1-2,14H,3,12H2. The molecule has 2 aromatic rings. The van der Waals surface area contributed by atoms with Gasteiger partial charge in [-0.2, -0.15) is 4.39 Å². The van der Waals surface area contributed by atoms with Crippen molar-refractivity contribution < 1.29 is 23.5 Å². The highest BCUT2D eigenvalue weighted by atomic mass is 19.1. The van der Waals surface area contributed by atoms with Gasteiger partial charge in [0.2, 0.25) is 24.2 Å². The number of fused-ring (bicyclic) bond motifs is 1. The molecule has 1 aliphatic rings. The summed E-state index contributed by atoms with van der Waals surface area (Å²) in [6, 6.07) is 1.42. The molecule has 0 saturated heterocycles. The zero-order valence-electron chi connectivity index (χ0n) is 8.44. The minimum atomic E-state index is -0.893. The Bertz CT molecular complexity index is 596. The predicted molar refractivity (Wildman–Crippen MR) is 54.1 cm³/mol. The van der Waals surface area contributed by atoms with E-state index in [2.05, 4.69) is 9.68 Å². The smallest absolute Gasteiger partial charge is 0.231 e. The van der Waals surface area contributed by atoms with Crippen molar-refractivity contribution in [1.82, 2.24) is 5.16 Å². The van der Waals surface area contributed by atoms with Crippen molar-refractivity contribution in [3.05, 3.63) is 18.1 Å². The molecule has 7 heteroatoms. The second kappa shape index (κ2) is 3.27. The number of ether oxygens (including phenoxy) is 2. The summed E-state index contributed by atoms with van der Waals surface area (Å²) in [5.41, 5.74) is 5.94. The molecular formula is C10H7FN2O4. The maximum absolute atomic E-state index is 13.7. The summed E-state index contributed by atoms with van der Waals surface area (Å²) in [6.45, 7) is -0.0890. The lowest BCUT2D eigenvalue weighted by molar-refractivity contribution is 0.170. The van der Waals surface area contributed by atoms with Gasteiger partial charge < -0.3 is 24.8 Å². The number of halogens is 1. The topological polar surface area (TPSA) is 90.7 Å². The Morgan fingerprint density at radius 2 is 2.18 bits per heavy atom. The van der Waals surface area contributed by atoms with Crippen LogP contribution in [-0.2, 0) is 0 Å². The van der Waals surface area contributed by atoms with Crippen LogP contribution in [0.5, 0.6) is 17.2 Å². The van der Waals surface area contributed by atoms with Crippen molar-refractivity contribution in [2.24, 2.45) is 0 Å². The summed E-state index contributed by atoms with van der Waals surface area (Å²) >= 11 is 0. The summed E-state index contributed by atoms with van der Waals surface area (Å²) < 4.78 is 28.3. The van der Waals surface area contributed by atoms with Gasteiger partial charge in [0.15, 0.2) is 11.5 Å². The number of aromatic nitrogens is 1. The van der Waals surface area contributed by atoms with Crippen LogP contribution in [0.4, 0.5) is 10.3 Å². The highest BCUT2D eigenvalue weighted by Crippen LogP contribution is 2.46. The molecule has 6 nitrogen and oxygen atoms in total. The third-order valence-electron chi connectivity index (χ3n) is 2.47. The summed E-state index contributed by atoms with van der Waals surface area (Å²) in [7, 11) is 0. The first-order valence-electron chi connectivity index (χ1n) is 4.70. The van der Waals surface area contributed by atoms with E-state index in [4.69, 9.17) is 15.2 Å². The van der Waals surface area contributed by atoms with Crippen LogP contribution in [0.1, 0.15) is 0 Å². The zero-order valence-corrected chi connectivity index (χ0v) is 8.44. The number of nitrogens with zero attached hydrogens (tertiary/aromatic N) is 1. The lowest BCUT2D eigenvalue weighted by atomic mass is 10.1. The summed E-state index contributed by atoms with van der Waals surface area (Å²) in [6.07, 6.45) is 1.28. The van der Waals surface area contributed by atoms with Gasteiger partial charge in [-0.3, -0.25) is 0 Å². The Morgan fingerprint density at radius 1 is 1.35 bits per heavy atom. The molecule has 0 spiro atoms. The lowest BCUT2D eigenvalue weighted by Gasteiger charge is -2.06. The molecule has 88 valence electrons. The van der Waals surface area contributed by atoms with E-state index in [1.807, 2.05) is 0 Å². The van der Waals surface area contributed by atoms with Gasteiger partial charge in [-0.1, -0.05) is 5.16 Å². The molecule has 3 N–H and O–H groups in total. The molecule has 2 heterocycles. The molecule has 1 aromatic carbocycles. The van der Waals surface area contributed by atoms with Crippen LogP contribution >= 0.6 is 0 Å². The van der Waals surface area contributed by atoms with E-state index >= 15 is 0 Å². The SMILES string of the molecule is Nc1oncc1-c1cc2c(c(F)c1O)OCO2. The van der Waals surface area contributed by atoms with Crippen molar-refractivity contribution in [3.8, 4) is 28.4 Å². The van der Waals surface area contributed by atoms with Crippen LogP contribution in [0, 0.1) is 5.82 Å². The van der Waals surface area contributed by atoms with Crippen LogP contribution < -0.4 is 15.2 Å². The zero-order chi connectivity index (χ0) is 12.0. The number of hydrogen-bond acceptors (Lipinski definition) is 6. The highest BCUT2D eigenvalue weighted by Gasteiger charge is 2.26. The van der Waals surface area contributed by atoms with Crippen LogP contribution in [0.3, 0.4) is 0 Å². The summed E-state index contributed by atoms with van der Waals surface area (Å²) in [5, 5.41) is 13.2. The van der Waals surface area contributed by atoms with E-state index in [1.54, 1.807) is 0 Å². The minimum Gasteiger partial charge on any atom is -0.504 e. The fourth-order valence-corrected chi connectivity index (χ4v) is 1.65. The van der Waals surface area contributed by atoms with Crippen molar-refractivity contribution in [3.63, 3.8) is 0 Å². The lowest BCUT2D eigenvalue weighted by Crippen LogP contribution is -1.93. The molecule has 0 aliphatic carbocycles. The van der Waals surface area contributed by atoms with E-state index in [1.165, 1.54) is 12.3 Å². The van der Waals surface area contributed by atoms with Crippen LogP contribution in [0.15, 0.2) is 16.8 Å². The monoisotopic (exact) mass is 238 g/mol. The van der Waals surface area contributed by atoms with Crippen LogP contribution in [0.25, 0.3) is 11.1 Å². The molecule has 17 heavy (non-hydrogen) atoms. The van der Waals surface area contributed by atoms with E-state index in [0.29, 0.717) is 5.56 Å². The Labute approximate surface area is 94.3 Å². The van der Waals surface area contributed by atoms with Crippen LogP contribution in [-0.4, -0.2) is 17.1 Å². The van der Waals surface area contributed by atoms with Crippen molar-refractivity contribution in [2.75, 3.05) is 12.5 Å². The van der Waals surface area contributed by atoms with Gasteiger partial charge >= 0.3 is 0 Å². The van der Waals surface area contributed by atoms with Gasteiger partial charge in [0.1, 0.15) is 0 Å². The van der Waals surface area contributed by atoms with Gasteiger partial charge in [-0.05, 0) is 6.07 Å². The number of benzene rings is 1. The first kappa shape index (κ1) is 9.76. The summed E-state index contributed by atoms with van der Waals surface area (Å²) in [4.78, 5) is 0. The highest BCUT2D eigenvalue weighted by molar-refractivity contribution is 5.79. The predicted octanol–water partition coefficient (Wildman–Crippen LogP) is 1.50. The first-order valence-corrected chi connectivity index (χ1v) is 4.70. The quantitative estimate of drug-likeness (QED) is 0.782. The van der Waals surface area contributed by atoms with Gasteiger partial charge in [-0.25, -0.2) is 0 Å². The number of aromatic hydroxyl groups is 1. The number of nitrogen functional groups attached to an aromatic ring is 1. The van der Waals surface area contributed by atoms with Gasteiger partial charge in [-0.15, -0.1) is 0 Å². The Morgan fingerprint density at radius 3 is 2.88 bits per heavy atom. The fraction of sp³-hybridized carbons (Fsp3) is 0.100. The van der Waals surface area contributed by atoms with Gasteiger partial charge in [0.25, 0.3) is 0 Å². The van der Waals surface area contributed by atoms with E-state index in [9.17, 15) is 9.50 Å². The third kappa shape index (κ3) is 1.28. The van der Waals surface area contributed by atoms with E-state index < -0.39 is 11.6 Å². The molecule has 0 radical (unpaired) electrons. The molecular weight excluding hydrogens is 231 g/mol. The second-order valence-corrected chi connectivity index (χ2v) is 3.42. The maximum Gasteiger partial charge on any atom is 0.231 e. The fourth-order valence-electron chi connectivity index (χ4n) is 1.65. The maximum atomic E-state index is 13.7. The molecule has 3 rings (SSSR count). The minimum absolute atomic E-state index is 0.0152. The molecule has 0 amide bonds. The van der Waals surface area contributed by atoms with E-state index in [-0.39, 0.29) is 29.7 Å². The number of nitrogens with two attached hydrogens (primary N) is 1. The second-order valence-electron chi connectivity index (χ2n) is 3.42. The van der Waals surface area contributed by atoms with Gasteiger partial charge in [0, 0.05) is 5.56 Å². The molecule has 0 unspecified atom stereocenters. The molecule has 0 saturated carbocycles. The van der Waals surface area contributed by atoms with Gasteiger partial charge in [0.05, 0.1) is 11.8 Å². The van der Waals surface area contributed by atoms with E-state index in [0.717, 1.165) is 0 Å². The number of hydrogen-bond donors (Lipinski definition) is 2. The summed E-state index contributed by atoms with van der Waals surface area (Å²) in [5.74, 6) is -1.39. The average molecular weight is 238 g/mol. The average Bonchev–Trinajstić information content (AvgIpc) is 2.92. The molecule has 1 aromatic heterocycles. The number of anilines is 1. The number of phenolic OH excluding ortho intramolecular Hbond substituents is 1. The van der Waals surface area contributed by atoms with Crippen molar-refractivity contribution in [2.45, 2.75) is 0 Å². The van der Waals surface area contributed by atoms with Crippen molar-refractivity contribution >= 4 is 5.88 Å². The Balaban J connectivity index is 2.25. The van der Waals surface area contributed by atoms with Crippen LogP contribution in [0.2, 0.25) is 0 Å². The third-order valence-corrected chi connectivity index (χ3v) is 2.47. The molecule has 0 bridgehead atoms. The first-order chi connectivity index (χ1) is 8.18. The molecule has 0 fully saturated rings. The number of rotatable bonds is 1. The Hall–Kier alpha value is -2.44. The number of phenols is 1.